The maximum Gasteiger partial charge on any atom is 0.0911 e. The summed E-state index contributed by atoms with van der Waals surface area (Å²) in [4.78, 5) is 2.50. The quantitative estimate of drug-likeness (QED) is 0.558. The molecule has 0 bridgehead atoms. The van der Waals surface area contributed by atoms with E-state index in [9.17, 15) is 0 Å². The zero-order valence-electron chi connectivity index (χ0n) is 10.3. The molecule has 0 radical (unpaired) electrons. The van der Waals surface area contributed by atoms with Gasteiger partial charge in [0.1, 0.15) is 0 Å². The Balaban J connectivity index is 1.90. The second kappa shape index (κ2) is 4.34. The van der Waals surface area contributed by atoms with Crippen LogP contribution in [0.3, 0.4) is 0 Å². The lowest BCUT2D eigenvalue weighted by Gasteiger charge is -2.38. The van der Waals surface area contributed by atoms with Crippen LogP contribution in [0.4, 0.5) is 0 Å². The highest BCUT2D eigenvalue weighted by molar-refractivity contribution is 5.78. The van der Waals surface area contributed by atoms with Crippen LogP contribution in [0.1, 0.15) is 33.1 Å². The Morgan fingerprint density at radius 2 is 2.19 bits per heavy atom. The van der Waals surface area contributed by atoms with Crippen molar-refractivity contribution < 1.29 is 4.74 Å². The molecule has 1 aliphatic carbocycles. The highest BCUT2D eigenvalue weighted by Crippen LogP contribution is 2.49. The number of hydrogen-bond acceptors (Lipinski definition) is 3. The number of rotatable bonds is 4. The summed E-state index contributed by atoms with van der Waals surface area (Å²) in [5.74, 6) is 0.339. The van der Waals surface area contributed by atoms with Crippen LogP contribution in [0.25, 0.3) is 0 Å². The van der Waals surface area contributed by atoms with Gasteiger partial charge >= 0.3 is 0 Å². The largest absolute Gasteiger partial charge is 0.388 e. The molecular weight excluding hydrogens is 202 g/mol. The zero-order valence-corrected chi connectivity index (χ0v) is 10.3. The summed E-state index contributed by atoms with van der Waals surface area (Å²) in [6.45, 7) is 7.28. The van der Waals surface area contributed by atoms with E-state index < -0.39 is 0 Å². The molecule has 0 aromatic carbocycles. The number of ether oxygens (including phenoxy) is 1. The first-order valence-electron chi connectivity index (χ1n) is 6.19. The van der Waals surface area contributed by atoms with Gasteiger partial charge in [-0.2, -0.15) is 0 Å². The summed E-state index contributed by atoms with van der Waals surface area (Å²) >= 11 is 0. The number of hydrogen-bond donors (Lipinski definition) is 2. The summed E-state index contributed by atoms with van der Waals surface area (Å²) in [6, 6.07) is 0.501. The van der Waals surface area contributed by atoms with Gasteiger partial charge in [0.05, 0.1) is 18.5 Å². The van der Waals surface area contributed by atoms with Gasteiger partial charge < -0.3 is 10.5 Å². The van der Waals surface area contributed by atoms with Crippen LogP contribution in [0, 0.1) is 10.8 Å². The predicted molar refractivity (Wildman–Crippen MR) is 64.6 cm³/mol. The molecule has 0 amide bonds. The Bertz CT molecular complexity index is 275. The minimum absolute atomic E-state index is 0.317. The molecule has 0 aromatic rings. The molecule has 1 saturated carbocycles. The third kappa shape index (κ3) is 2.74. The van der Waals surface area contributed by atoms with E-state index in [1.165, 1.54) is 12.8 Å². The van der Waals surface area contributed by atoms with Gasteiger partial charge in [0.15, 0.2) is 0 Å². The van der Waals surface area contributed by atoms with Gasteiger partial charge in [-0.15, -0.1) is 0 Å². The van der Waals surface area contributed by atoms with Gasteiger partial charge in [-0.3, -0.25) is 10.3 Å². The minimum atomic E-state index is 0.317. The fourth-order valence-electron chi connectivity index (χ4n) is 2.59. The molecule has 2 rings (SSSR count). The second-order valence-corrected chi connectivity index (χ2v) is 5.62. The van der Waals surface area contributed by atoms with Crippen molar-refractivity contribution in [2.75, 3.05) is 19.7 Å². The van der Waals surface area contributed by atoms with Crippen LogP contribution in [0.2, 0.25) is 0 Å². The van der Waals surface area contributed by atoms with E-state index in [2.05, 4.69) is 18.7 Å². The van der Waals surface area contributed by atoms with E-state index in [0.29, 0.717) is 23.4 Å². The van der Waals surface area contributed by atoms with Gasteiger partial charge in [0.2, 0.25) is 0 Å². The molecule has 1 heterocycles. The van der Waals surface area contributed by atoms with Crippen molar-refractivity contribution in [3.05, 3.63) is 0 Å². The number of amidine groups is 1. The highest BCUT2D eigenvalue weighted by Gasteiger charge is 2.45. The fraction of sp³-hybridized carbons (Fsp3) is 0.917. The van der Waals surface area contributed by atoms with E-state index in [-0.39, 0.29) is 0 Å². The molecule has 2 atom stereocenters. The van der Waals surface area contributed by atoms with E-state index in [4.69, 9.17) is 15.9 Å². The molecule has 4 nitrogen and oxygen atoms in total. The first-order chi connectivity index (χ1) is 7.51. The topological polar surface area (TPSA) is 62.3 Å². The van der Waals surface area contributed by atoms with Crippen molar-refractivity contribution in [2.45, 2.75) is 45.3 Å². The third-order valence-electron chi connectivity index (χ3n) is 3.80. The van der Waals surface area contributed by atoms with Crippen LogP contribution in [-0.2, 0) is 4.74 Å². The molecule has 0 aromatic heterocycles. The zero-order chi connectivity index (χ0) is 11.8. The first kappa shape index (κ1) is 11.9. The Kier molecular flexibility index (Phi) is 3.22. The molecule has 16 heavy (non-hydrogen) atoms. The maximum absolute atomic E-state index is 7.43. The standard InChI is InChI=1S/C12H23N3O/c1-9-7-16-10(2)6-15(9)8-12(3-4-12)5-11(13)14/h9-10H,3-8H2,1-2H3,(H3,13,14). The molecule has 2 fully saturated rings. The normalized spacial score (nSPS) is 33.6. The highest BCUT2D eigenvalue weighted by atomic mass is 16.5. The molecule has 1 saturated heterocycles. The average Bonchev–Trinajstić information content (AvgIpc) is 2.90. The molecule has 2 aliphatic rings. The average molecular weight is 225 g/mol. The summed E-state index contributed by atoms with van der Waals surface area (Å²) in [7, 11) is 0. The monoisotopic (exact) mass is 225 g/mol. The first-order valence-corrected chi connectivity index (χ1v) is 6.19. The molecule has 3 N–H and O–H groups in total. The summed E-state index contributed by atoms with van der Waals surface area (Å²) in [5, 5.41) is 7.43. The van der Waals surface area contributed by atoms with E-state index in [1.54, 1.807) is 0 Å². The molecule has 1 aliphatic heterocycles. The van der Waals surface area contributed by atoms with Crippen molar-refractivity contribution >= 4 is 5.84 Å². The molecule has 2 unspecified atom stereocenters. The number of nitrogens with two attached hydrogens (primary N) is 1. The van der Waals surface area contributed by atoms with Crippen molar-refractivity contribution in [1.29, 1.82) is 5.41 Å². The molecule has 92 valence electrons. The summed E-state index contributed by atoms with van der Waals surface area (Å²) in [6.07, 6.45) is 3.56. The Labute approximate surface area is 97.6 Å². The second-order valence-electron chi connectivity index (χ2n) is 5.62. The van der Waals surface area contributed by atoms with E-state index in [0.717, 1.165) is 26.1 Å². The Morgan fingerprint density at radius 3 is 2.75 bits per heavy atom. The van der Waals surface area contributed by atoms with Crippen LogP contribution >= 0.6 is 0 Å². The summed E-state index contributed by atoms with van der Waals surface area (Å²) < 4.78 is 5.63. The maximum atomic E-state index is 7.43. The van der Waals surface area contributed by atoms with Crippen molar-refractivity contribution in [3.63, 3.8) is 0 Å². The Morgan fingerprint density at radius 1 is 1.50 bits per heavy atom. The SMILES string of the molecule is CC1CN(CC2(CC(=N)N)CC2)C(C)CO1. The van der Waals surface area contributed by atoms with Crippen LogP contribution in [0.15, 0.2) is 0 Å². The van der Waals surface area contributed by atoms with Crippen molar-refractivity contribution in [3.8, 4) is 0 Å². The van der Waals surface area contributed by atoms with Gasteiger partial charge in [-0.05, 0) is 32.1 Å². The van der Waals surface area contributed by atoms with E-state index >= 15 is 0 Å². The molecular formula is C12H23N3O. The van der Waals surface area contributed by atoms with Crippen LogP contribution < -0.4 is 5.73 Å². The Hall–Kier alpha value is -0.610. The van der Waals surface area contributed by atoms with Crippen LogP contribution in [0.5, 0.6) is 0 Å². The lowest BCUT2D eigenvalue weighted by molar-refractivity contribution is -0.0554. The van der Waals surface area contributed by atoms with Gasteiger partial charge in [0.25, 0.3) is 0 Å². The fourth-order valence-corrected chi connectivity index (χ4v) is 2.59. The van der Waals surface area contributed by atoms with Crippen molar-refractivity contribution in [1.82, 2.24) is 4.90 Å². The lowest BCUT2D eigenvalue weighted by Crippen LogP contribution is -2.49. The van der Waals surface area contributed by atoms with E-state index in [1.807, 2.05) is 0 Å². The van der Waals surface area contributed by atoms with Crippen LogP contribution in [-0.4, -0.2) is 42.6 Å². The molecule has 0 spiro atoms. The minimum Gasteiger partial charge on any atom is -0.388 e. The smallest absolute Gasteiger partial charge is 0.0911 e. The van der Waals surface area contributed by atoms with Gasteiger partial charge in [-0.1, -0.05) is 0 Å². The van der Waals surface area contributed by atoms with Crippen molar-refractivity contribution in [2.24, 2.45) is 11.1 Å². The number of nitrogens with one attached hydrogen (secondary N) is 1. The predicted octanol–water partition coefficient (Wildman–Crippen LogP) is 1.20. The van der Waals surface area contributed by atoms with Gasteiger partial charge in [0, 0.05) is 25.6 Å². The number of morpholine rings is 1. The van der Waals surface area contributed by atoms with Gasteiger partial charge in [-0.25, -0.2) is 0 Å². The molecule has 4 heteroatoms. The lowest BCUT2D eigenvalue weighted by atomic mass is 9.99. The summed E-state index contributed by atoms with van der Waals surface area (Å²) in [5.41, 5.74) is 5.84. The number of nitrogens with zero attached hydrogens (tertiary/aromatic N) is 1. The third-order valence-corrected chi connectivity index (χ3v) is 3.80.